The third kappa shape index (κ3) is 6.50. The van der Waals surface area contributed by atoms with Gasteiger partial charge in [0, 0.05) is 0 Å². The summed E-state index contributed by atoms with van der Waals surface area (Å²) in [5.41, 5.74) is 5.74. The van der Waals surface area contributed by atoms with E-state index in [4.69, 9.17) is 17.0 Å². The summed E-state index contributed by atoms with van der Waals surface area (Å²) in [6, 6.07) is 0. The van der Waals surface area contributed by atoms with Crippen molar-refractivity contribution in [3.8, 4) is 0 Å². The van der Waals surface area contributed by atoms with Crippen molar-refractivity contribution in [2.45, 2.75) is 59.8 Å². The van der Waals surface area contributed by atoms with E-state index in [9.17, 15) is 0 Å². The number of rotatable bonds is 1. The van der Waals surface area contributed by atoms with E-state index in [0.717, 1.165) is 12.3 Å². The fraction of sp³-hybridized carbons (Fsp3) is 0.579. The molecule has 3 rings (SSSR count). The zero-order valence-electron chi connectivity index (χ0n) is 14.1. The summed E-state index contributed by atoms with van der Waals surface area (Å²) in [7, 11) is 9.87. The van der Waals surface area contributed by atoms with E-state index in [1.165, 1.54) is 48.0 Å². The Kier molecular flexibility index (Phi) is 10.3. The molecule has 1 unspecified atom stereocenters. The molecule has 120 valence electrons. The summed E-state index contributed by atoms with van der Waals surface area (Å²) in [5, 5.41) is 0. The van der Waals surface area contributed by atoms with E-state index in [2.05, 4.69) is 52.0 Å². The van der Waals surface area contributed by atoms with E-state index in [0.29, 0.717) is 5.92 Å². The fourth-order valence-corrected chi connectivity index (χ4v) is 3.10. The van der Waals surface area contributed by atoms with Crippen LogP contribution in [0.2, 0.25) is 0 Å². The molecular weight excluding hydrogens is 390 g/mol. The molecule has 3 aliphatic rings. The van der Waals surface area contributed by atoms with Gasteiger partial charge >= 0.3 is 37.9 Å². The van der Waals surface area contributed by atoms with E-state index in [-0.39, 0.29) is 0 Å². The number of allylic oxidation sites excluding steroid dienone is 8. The van der Waals surface area contributed by atoms with Crippen LogP contribution < -0.4 is 0 Å². The molecule has 0 saturated heterocycles. The first-order valence-corrected chi connectivity index (χ1v) is 14.4. The second-order valence-electron chi connectivity index (χ2n) is 6.09. The molecule has 0 spiro atoms. The SMILES string of the molecule is CC1=[C-]C(C)C(C)=C1C.[C-]1=C(C2CCCC2)C=CC1.[Cl][Zr+2][Cl]. The summed E-state index contributed by atoms with van der Waals surface area (Å²) in [6.07, 6.45) is 18.0. The van der Waals surface area contributed by atoms with Crippen molar-refractivity contribution >= 4 is 17.0 Å². The summed E-state index contributed by atoms with van der Waals surface area (Å²) >= 11 is -0.826. The van der Waals surface area contributed by atoms with Gasteiger partial charge in [-0.15, -0.1) is 13.3 Å². The Morgan fingerprint density at radius 3 is 2.05 bits per heavy atom. The third-order valence-corrected chi connectivity index (χ3v) is 4.75. The van der Waals surface area contributed by atoms with Crippen LogP contribution in [0.25, 0.3) is 0 Å². The van der Waals surface area contributed by atoms with Gasteiger partial charge in [-0.3, -0.25) is 12.2 Å². The van der Waals surface area contributed by atoms with Crippen LogP contribution >= 0.6 is 17.0 Å². The first-order chi connectivity index (χ1) is 10.5. The second-order valence-corrected chi connectivity index (χ2v) is 9.82. The zero-order chi connectivity index (χ0) is 16.5. The van der Waals surface area contributed by atoms with Gasteiger partial charge in [0.15, 0.2) is 0 Å². The molecule has 0 aromatic heterocycles. The van der Waals surface area contributed by atoms with Crippen molar-refractivity contribution in [3.05, 3.63) is 46.6 Å². The Morgan fingerprint density at radius 1 is 1.14 bits per heavy atom. The topological polar surface area (TPSA) is 0 Å². The van der Waals surface area contributed by atoms with Crippen LogP contribution in [0.5, 0.6) is 0 Å². The van der Waals surface area contributed by atoms with Crippen molar-refractivity contribution in [3.63, 3.8) is 0 Å². The molecule has 0 aliphatic heterocycles. The van der Waals surface area contributed by atoms with E-state index < -0.39 is 20.8 Å². The Bertz CT molecular complexity index is 466. The van der Waals surface area contributed by atoms with Crippen LogP contribution in [0, 0.1) is 24.0 Å². The van der Waals surface area contributed by atoms with E-state index >= 15 is 0 Å². The molecule has 0 heterocycles. The minimum absolute atomic E-state index is 0.560. The van der Waals surface area contributed by atoms with E-state index in [1.54, 1.807) is 0 Å². The molecule has 0 amide bonds. The summed E-state index contributed by atoms with van der Waals surface area (Å²) in [4.78, 5) is 0. The monoisotopic (exact) mass is 414 g/mol. The number of hydrogen-bond acceptors (Lipinski definition) is 0. The minimum atomic E-state index is -0.826. The van der Waals surface area contributed by atoms with Gasteiger partial charge < -0.3 is 0 Å². The predicted octanol–water partition coefficient (Wildman–Crippen LogP) is 6.96. The van der Waals surface area contributed by atoms with Gasteiger partial charge in [-0.25, -0.2) is 17.2 Å². The van der Waals surface area contributed by atoms with Gasteiger partial charge in [0.2, 0.25) is 0 Å². The van der Waals surface area contributed by atoms with Crippen LogP contribution in [0.3, 0.4) is 0 Å². The molecule has 3 aliphatic carbocycles. The van der Waals surface area contributed by atoms with Crippen LogP contribution in [0.1, 0.15) is 59.8 Å². The molecule has 22 heavy (non-hydrogen) atoms. The van der Waals surface area contributed by atoms with E-state index in [1.807, 2.05) is 0 Å². The number of hydrogen-bond donors (Lipinski definition) is 0. The molecular formula is C19H26Cl2Zr. The molecule has 0 aromatic carbocycles. The fourth-order valence-electron chi connectivity index (χ4n) is 3.10. The Balaban J connectivity index is 0.000000189. The van der Waals surface area contributed by atoms with Crippen molar-refractivity contribution in [1.29, 1.82) is 0 Å². The Labute approximate surface area is 155 Å². The molecule has 0 radical (unpaired) electrons. The van der Waals surface area contributed by atoms with Gasteiger partial charge in [0.1, 0.15) is 0 Å². The summed E-state index contributed by atoms with van der Waals surface area (Å²) in [6.45, 7) is 8.67. The standard InChI is InChI=1S/C10H13.C9H13.2ClH.Zr/c1-2-6-9(5-1)10-7-3-4-8-10;1-6-5-7(2)9(4)8(6)3;;;/h1,5,10H,2-4,7-8H2;6H,1-4H3;2*1H;/q2*-1;;;+4/p-2. The molecule has 1 atom stereocenters. The van der Waals surface area contributed by atoms with Crippen molar-refractivity contribution in [2.24, 2.45) is 11.8 Å². The molecule has 1 saturated carbocycles. The Morgan fingerprint density at radius 2 is 1.73 bits per heavy atom. The van der Waals surface area contributed by atoms with Gasteiger partial charge in [-0.05, 0) is 18.8 Å². The normalized spacial score (nSPS) is 23.3. The maximum absolute atomic E-state index is 4.93. The van der Waals surface area contributed by atoms with Gasteiger partial charge in [0.25, 0.3) is 0 Å². The zero-order valence-corrected chi connectivity index (χ0v) is 18.1. The maximum atomic E-state index is 4.93. The molecule has 0 bridgehead atoms. The molecule has 1 fully saturated rings. The van der Waals surface area contributed by atoms with Crippen molar-refractivity contribution in [1.82, 2.24) is 0 Å². The van der Waals surface area contributed by atoms with Crippen molar-refractivity contribution in [2.75, 3.05) is 0 Å². The predicted molar refractivity (Wildman–Crippen MR) is 94.1 cm³/mol. The summed E-state index contributed by atoms with van der Waals surface area (Å²) < 4.78 is 0. The average Bonchev–Trinajstić information content (AvgIpc) is 3.21. The molecule has 0 aromatic rings. The first kappa shape index (κ1) is 20.5. The average molecular weight is 417 g/mol. The Hall–Kier alpha value is 0.423. The summed E-state index contributed by atoms with van der Waals surface area (Å²) in [5.74, 6) is 1.43. The molecule has 3 heteroatoms. The second kappa shape index (κ2) is 11.1. The van der Waals surface area contributed by atoms with Gasteiger partial charge in [0.05, 0.1) is 0 Å². The van der Waals surface area contributed by atoms with Crippen molar-refractivity contribution < 1.29 is 20.8 Å². The third-order valence-electron chi connectivity index (χ3n) is 4.75. The van der Waals surface area contributed by atoms with Crippen LogP contribution in [-0.4, -0.2) is 0 Å². The molecule has 0 nitrogen and oxygen atoms in total. The van der Waals surface area contributed by atoms with Gasteiger partial charge in [-0.1, -0.05) is 39.5 Å². The number of halogens is 2. The first-order valence-electron chi connectivity index (χ1n) is 8.02. The van der Waals surface area contributed by atoms with Crippen LogP contribution in [0.4, 0.5) is 0 Å². The molecule has 0 N–H and O–H groups in total. The van der Waals surface area contributed by atoms with Crippen LogP contribution in [-0.2, 0) is 20.8 Å². The quantitative estimate of drug-likeness (QED) is 0.405. The van der Waals surface area contributed by atoms with Crippen LogP contribution in [0.15, 0.2) is 34.4 Å². The van der Waals surface area contributed by atoms with Gasteiger partial charge in [-0.2, -0.15) is 17.2 Å².